The maximum absolute atomic E-state index is 12.3. The smallest absolute Gasteiger partial charge is 0.266 e. The Morgan fingerprint density at radius 3 is 2.52 bits per heavy atom. The first-order valence-corrected chi connectivity index (χ1v) is 9.25. The van der Waals surface area contributed by atoms with Gasteiger partial charge in [-0.3, -0.25) is 4.79 Å². The summed E-state index contributed by atoms with van der Waals surface area (Å²) in [7, 11) is 0. The summed E-state index contributed by atoms with van der Waals surface area (Å²) in [5.74, 6) is 0.419. The number of hydrogen-bond acceptors (Lipinski definition) is 3. The summed E-state index contributed by atoms with van der Waals surface area (Å²) in [5, 5.41) is 13.1. The molecular formula is C20H11BrCl2N2O2. The van der Waals surface area contributed by atoms with Crippen molar-refractivity contribution in [3.63, 3.8) is 0 Å². The number of rotatable bonds is 4. The molecule has 0 fully saturated rings. The number of halogens is 3. The van der Waals surface area contributed by atoms with E-state index in [0.717, 1.165) is 10.0 Å². The highest BCUT2D eigenvalue weighted by Gasteiger charge is 2.12. The highest BCUT2D eigenvalue weighted by atomic mass is 79.9. The van der Waals surface area contributed by atoms with Crippen molar-refractivity contribution in [2.24, 2.45) is 0 Å². The van der Waals surface area contributed by atoms with Crippen molar-refractivity contribution in [3.8, 4) is 17.4 Å². The van der Waals surface area contributed by atoms with E-state index in [0.29, 0.717) is 27.3 Å². The zero-order valence-corrected chi connectivity index (χ0v) is 16.8. The van der Waals surface area contributed by atoms with Gasteiger partial charge in [0.2, 0.25) is 0 Å². The third-order valence-corrected chi connectivity index (χ3v) is 5.07. The van der Waals surface area contributed by atoms with Crippen molar-refractivity contribution < 1.29 is 9.21 Å². The van der Waals surface area contributed by atoms with E-state index < -0.39 is 5.91 Å². The van der Waals surface area contributed by atoms with Crippen LogP contribution in [0.15, 0.2) is 69.1 Å². The van der Waals surface area contributed by atoms with Gasteiger partial charge in [0.05, 0.1) is 5.02 Å². The van der Waals surface area contributed by atoms with Crippen LogP contribution in [-0.4, -0.2) is 5.91 Å². The number of nitriles is 1. The first-order valence-electron chi connectivity index (χ1n) is 7.70. The number of furan rings is 1. The van der Waals surface area contributed by atoms with Gasteiger partial charge >= 0.3 is 0 Å². The summed E-state index contributed by atoms with van der Waals surface area (Å²) in [6.45, 7) is 0. The van der Waals surface area contributed by atoms with Crippen LogP contribution in [0.4, 0.5) is 5.69 Å². The molecule has 0 saturated heterocycles. The van der Waals surface area contributed by atoms with Gasteiger partial charge in [0, 0.05) is 26.8 Å². The number of anilines is 1. The van der Waals surface area contributed by atoms with E-state index in [-0.39, 0.29) is 5.57 Å². The molecular weight excluding hydrogens is 451 g/mol. The summed E-state index contributed by atoms with van der Waals surface area (Å²) in [4.78, 5) is 12.3. The molecule has 0 aliphatic carbocycles. The summed E-state index contributed by atoms with van der Waals surface area (Å²) >= 11 is 15.3. The minimum Gasteiger partial charge on any atom is -0.457 e. The average molecular weight is 462 g/mol. The van der Waals surface area contributed by atoms with Crippen LogP contribution in [-0.2, 0) is 4.79 Å². The Morgan fingerprint density at radius 1 is 1.11 bits per heavy atom. The van der Waals surface area contributed by atoms with E-state index in [1.165, 1.54) is 6.08 Å². The molecule has 0 atom stereocenters. The molecule has 7 heteroatoms. The Bertz CT molecular complexity index is 1070. The van der Waals surface area contributed by atoms with Crippen LogP contribution in [0.1, 0.15) is 5.76 Å². The van der Waals surface area contributed by atoms with Crippen LogP contribution >= 0.6 is 39.1 Å². The second-order valence-electron chi connectivity index (χ2n) is 5.46. The number of nitrogens with zero attached hydrogens (tertiary/aromatic N) is 1. The Morgan fingerprint density at radius 2 is 1.85 bits per heavy atom. The topological polar surface area (TPSA) is 66.0 Å². The van der Waals surface area contributed by atoms with Crippen molar-refractivity contribution in [2.45, 2.75) is 0 Å². The quantitative estimate of drug-likeness (QED) is 0.353. The summed E-state index contributed by atoms with van der Waals surface area (Å²) in [6.07, 6.45) is 1.38. The van der Waals surface area contributed by atoms with Crippen LogP contribution in [0.2, 0.25) is 10.0 Å². The molecule has 1 N–H and O–H groups in total. The highest BCUT2D eigenvalue weighted by Crippen LogP contribution is 2.30. The molecule has 1 aromatic heterocycles. The average Bonchev–Trinajstić information content (AvgIpc) is 3.12. The largest absolute Gasteiger partial charge is 0.457 e. The maximum Gasteiger partial charge on any atom is 0.266 e. The minimum atomic E-state index is -0.538. The lowest BCUT2D eigenvalue weighted by Gasteiger charge is -2.03. The SMILES string of the molecule is N#C/C(=C/c1ccc(-c2ccc(Br)c(Cl)c2)o1)C(=O)Nc1ccc(Cl)cc1. The van der Waals surface area contributed by atoms with E-state index in [1.807, 2.05) is 18.2 Å². The minimum absolute atomic E-state index is 0.0836. The monoisotopic (exact) mass is 460 g/mol. The van der Waals surface area contributed by atoms with Gasteiger partial charge in [-0.15, -0.1) is 0 Å². The van der Waals surface area contributed by atoms with E-state index >= 15 is 0 Å². The molecule has 4 nitrogen and oxygen atoms in total. The van der Waals surface area contributed by atoms with Gasteiger partial charge in [-0.25, -0.2) is 0 Å². The van der Waals surface area contributed by atoms with Gasteiger partial charge in [0.1, 0.15) is 23.2 Å². The van der Waals surface area contributed by atoms with Gasteiger partial charge in [-0.1, -0.05) is 29.3 Å². The standard InChI is InChI=1S/C20H11BrCl2N2O2/c21-17-7-1-12(10-18(17)23)19-8-6-16(27-19)9-13(11-24)20(26)25-15-4-2-14(22)3-5-15/h1-10H,(H,25,26)/b13-9-. The first kappa shape index (κ1) is 19.2. The predicted octanol–water partition coefficient (Wildman–Crippen LogP) is 6.56. The van der Waals surface area contributed by atoms with E-state index in [1.54, 1.807) is 42.5 Å². The molecule has 134 valence electrons. The number of amides is 1. The Labute approximate surface area is 174 Å². The number of carbonyl (C=O) groups excluding carboxylic acids is 1. The molecule has 0 saturated carbocycles. The number of benzene rings is 2. The summed E-state index contributed by atoms with van der Waals surface area (Å²) in [5.41, 5.74) is 1.24. The number of carbonyl (C=O) groups is 1. The molecule has 3 aromatic rings. The lowest BCUT2D eigenvalue weighted by molar-refractivity contribution is -0.112. The van der Waals surface area contributed by atoms with E-state index in [4.69, 9.17) is 27.6 Å². The number of nitrogens with one attached hydrogen (secondary N) is 1. The molecule has 0 radical (unpaired) electrons. The Hall–Kier alpha value is -2.52. The van der Waals surface area contributed by atoms with Crippen LogP contribution in [0, 0.1) is 11.3 Å². The normalized spacial score (nSPS) is 11.1. The van der Waals surface area contributed by atoms with Crippen LogP contribution in [0.3, 0.4) is 0 Å². The zero-order valence-electron chi connectivity index (χ0n) is 13.7. The molecule has 1 amide bonds. The molecule has 0 bridgehead atoms. The van der Waals surface area contributed by atoms with Crippen molar-refractivity contribution in [3.05, 3.63) is 80.4 Å². The van der Waals surface area contributed by atoms with E-state index in [2.05, 4.69) is 21.2 Å². The van der Waals surface area contributed by atoms with Crippen LogP contribution in [0.5, 0.6) is 0 Å². The molecule has 0 unspecified atom stereocenters. The first-order chi connectivity index (χ1) is 13.0. The highest BCUT2D eigenvalue weighted by molar-refractivity contribution is 9.10. The fourth-order valence-electron chi connectivity index (χ4n) is 2.26. The fourth-order valence-corrected chi connectivity index (χ4v) is 2.81. The van der Waals surface area contributed by atoms with Gasteiger partial charge in [-0.05, 0) is 64.5 Å². The molecule has 0 aliphatic rings. The second-order valence-corrected chi connectivity index (χ2v) is 7.16. The van der Waals surface area contributed by atoms with Crippen molar-refractivity contribution in [2.75, 3.05) is 5.32 Å². The van der Waals surface area contributed by atoms with Crippen molar-refractivity contribution in [1.29, 1.82) is 5.26 Å². The lowest BCUT2D eigenvalue weighted by Crippen LogP contribution is -2.13. The van der Waals surface area contributed by atoms with Gasteiger partial charge < -0.3 is 9.73 Å². The molecule has 2 aromatic carbocycles. The zero-order chi connectivity index (χ0) is 19.4. The van der Waals surface area contributed by atoms with Crippen LogP contribution in [0.25, 0.3) is 17.4 Å². The lowest BCUT2D eigenvalue weighted by atomic mass is 10.2. The molecule has 27 heavy (non-hydrogen) atoms. The fraction of sp³-hybridized carbons (Fsp3) is 0. The molecule has 0 aliphatic heterocycles. The summed E-state index contributed by atoms with van der Waals surface area (Å²) < 4.78 is 6.50. The third kappa shape index (κ3) is 4.81. The maximum atomic E-state index is 12.3. The third-order valence-electron chi connectivity index (χ3n) is 3.58. The molecule has 3 rings (SSSR count). The molecule has 0 spiro atoms. The van der Waals surface area contributed by atoms with Crippen molar-refractivity contribution >= 4 is 56.8 Å². The summed E-state index contributed by atoms with van der Waals surface area (Å²) in [6, 6.07) is 17.3. The van der Waals surface area contributed by atoms with Gasteiger partial charge in [-0.2, -0.15) is 5.26 Å². The number of hydrogen-bond donors (Lipinski definition) is 1. The predicted molar refractivity (Wildman–Crippen MR) is 111 cm³/mol. The van der Waals surface area contributed by atoms with Gasteiger partial charge in [0.25, 0.3) is 5.91 Å². The van der Waals surface area contributed by atoms with Crippen molar-refractivity contribution in [1.82, 2.24) is 0 Å². The Kier molecular flexibility index (Phi) is 6.02. The van der Waals surface area contributed by atoms with E-state index in [9.17, 15) is 10.1 Å². The molecule has 1 heterocycles. The second kappa shape index (κ2) is 8.45. The Balaban J connectivity index is 1.80. The van der Waals surface area contributed by atoms with Crippen LogP contribution < -0.4 is 5.32 Å². The van der Waals surface area contributed by atoms with Gasteiger partial charge in [0.15, 0.2) is 0 Å².